The number of aliphatic hydroxyl groups excluding tert-OH is 1. The zero-order valence-corrected chi connectivity index (χ0v) is 11.7. The van der Waals surface area contributed by atoms with Crippen LogP contribution in [0.3, 0.4) is 0 Å². The third kappa shape index (κ3) is 4.31. The van der Waals surface area contributed by atoms with Gasteiger partial charge in [0.05, 0.1) is 18.2 Å². The molecule has 21 heavy (non-hydrogen) atoms. The minimum absolute atomic E-state index is 0.00118. The van der Waals surface area contributed by atoms with Gasteiger partial charge < -0.3 is 14.9 Å². The fourth-order valence-corrected chi connectivity index (χ4v) is 1.73. The van der Waals surface area contributed by atoms with Crippen LogP contribution in [-0.2, 0) is 6.54 Å². The normalized spacial score (nSPS) is 9.81. The van der Waals surface area contributed by atoms with Gasteiger partial charge in [-0.3, -0.25) is 4.79 Å². The fourth-order valence-electron chi connectivity index (χ4n) is 1.50. The number of rotatable bonds is 4. The van der Waals surface area contributed by atoms with Crippen LogP contribution in [0.5, 0.6) is 0 Å². The van der Waals surface area contributed by atoms with E-state index in [1.807, 2.05) is 0 Å². The van der Waals surface area contributed by atoms with Crippen LogP contribution in [0.2, 0.25) is 5.02 Å². The number of hydrogen-bond donors (Lipinski definition) is 2. The molecule has 0 atom stereocenters. The van der Waals surface area contributed by atoms with Gasteiger partial charge in [-0.2, -0.15) is 4.98 Å². The largest absolute Gasteiger partial charge is 0.395 e. The fraction of sp³-hybridized carbons (Fsp3) is 0.214. The Labute approximate surface area is 126 Å². The maximum Gasteiger partial charge on any atom is 0.251 e. The van der Waals surface area contributed by atoms with Crippen molar-refractivity contribution in [3.05, 3.63) is 46.6 Å². The number of hydrogen-bond acceptors (Lipinski definition) is 5. The number of aliphatic hydroxyl groups is 1. The second kappa shape index (κ2) is 7.43. The van der Waals surface area contributed by atoms with Crippen LogP contribution in [0.15, 0.2) is 29.1 Å². The Morgan fingerprint density at radius 1 is 1.48 bits per heavy atom. The first-order valence-electron chi connectivity index (χ1n) is 6.13. The van der Waals surface area contributed by atoms with E-state index >= 15 is 0 Å². The van der Waals surface area contributed by atoms with Crippen LogP contribution in [0, 0.1) is 11.8 Å². The summed E-state index contributed by atoms with van der Waals surface area (Å²) in [7, 11) is 0. The number of nitrogens with zero attached hydrogens (tertiary/aromatic N) is 2. The Morgan fingerprint density at radius 3 is 3.00 bits per heavy atom. The average Bonchev–Trinajstić information content (AvgIpc) is 3.00. The highest BCUT2D eigenvalue weighted by atomic mass is 35.5. The molecule has 2 rings (SSSR count). The number of nitrogens with one attached hydrogen (secondary N) is 1. The van der Waals surface area contributed by atoms with Crippen molar-refractivity contribution in [1.29, 1.82) is 0 Å². The molecule has 0 saturated carbocycles. The quantitative estimate of drug-likeness (QED) is 0.833. The molecule has 0 unspecified atom stereocenters. The van der Waals surface area contributed by atoms with E-state index in [4.69, 9.17) is 16.7 Å². The van der Waals surface area contributed by atoms with Crippen molar-refractivity contribution in [3.8, 4) is 11.8 Å². The minimum Gasteiger partial charge on any atom is -0.395 e. The van der Waals surface area contributed by atoms with Gasteiger partial charge in [0.15, 0.2) is 5.82 Å². The molecular weight excluding hydrogens is 294 g/mol. The highest BCUT2D eigenvalue weighted by molar-refractivity contribution is 6.32. The van der Waals surface area contributed by atoms with Crippen molar-refractivity contribution in [2.24, 2.45) is 0 Å². The first kappa shape index (κ1) is 15.0. The second-order valence-electron chi connectivity index (χ2n) is 4.00. The molecule has 108 valence electrons. The van der Waals surface area contributed by atoms with E-state index in [0.29, 0.717) is 28.4 Å². The molecule has 1 aromatic heterocycles. The Morgan fingerprint density at radius 2 is 2.33 bits per heavy atom. The third-order valence-electron chi connectivity index (χ3n) is 2.51. The number of amides is 1. The lowest BCUT2D eigenvalue weighted by atomic mass is 10.1. The molecule has 0 aliphatic heterocycles. The van der Waals surface area contributed by atoms with E-state index in [0.717, 1.165) is 0 Å². The number of benzene rings is 1. The lowest BCUT2D eigenvalue weighted by molar-refractivity contribution is 0.0949. The van der Waals surface area contributed by atoms with E-state index < -0.39 is 0 Å². The van der Waals surface area contributed by atoms with Crippen LogP contribution in [-0.4, -0.2) is 27.8 Å². The van der Waals surface area contributed by atoms with Crippen molar-refractivity contribution in [3.63, 3.8) is 0 Å². The SMILES string of the molecule is O=C(NCc1ncon1)c1ccc(C#CCCO)c(Cl)c1. The Bertz CT molecular complexity index is 675. The minimum atomic E-state index is -0.295. The predicted octanol–water partition coefficient (Wildman–Crippen LogP) is 1.39. The predicted molar refractivity (Wildman–Crippen MR) is 75.5 cm³/mol. The summed E-state index contributed by atoms with van der Waals surface area (Å²) in [6, 6.07) is 4.83. The average molecular weight is 306 g/mol. The van der Waals surface area contributed by atoms with E-state index in [2.05, 4.69) is 31.8 Å². The molecule has 2 N–H and O–H groups in total. The van der Waals surface area contributed by atoms with Crippen molar-refractivity contribution in [2.45, 2.75) is 13.0 Å². The lowest BCUT2D eigenvalue weighted by Gasteiger charge is -2.04. The summed E-state index contributed by atoms with van der Waals surface area (Å²) in [6.07, 6.45) is 1.57. The monoisotopic (exact) mass is 305 g/mol. The molecule has 0 aliphatic carbocycles. The summed E-state index contributed by atoms with van der Waals surface area (Å²) in [4.78, 5) is 15.7. The van der Waals surface area contributed by atoms with Crippen molar-refractivity contribution >= 4 is 17.5 Å². The number of aromatic nitrogens is 2. The van der Waals surface area contributed by atoms with Crippen molar-refractivity contribution < 1.29 is 14.4 Å². The van der Waals surface area contributed by atoms with Crippen LogP contribution >= 0.6 is 11.6 Å². The molecule has 0 bridgehead atoms. The van der Waals surface area contributed by atoms with Crippen LogP contribution in [0.4, 0.5) is 0 Å². The highest BCUT2D eigenvalue weighted by Crippen LogP contribution is 2.17. The van der Waals surface area contributed by atoms with Gasteiger partial charge in [0, 0.05) is 17.5 Å². The molecule has 2 aromatic rings. The van der Waals surface area contributed by atoms with E-state index in [9.17, 15) is 4.79 Å². The maximum atomic E-state index is 11.9. The molecule has 0 radical (unpaired) electrons. The lowest BCUT2D eigenvalue weighted by Crippen LogP contribution is -2.23. The summed E-state index contributed by atoms with van der Waals surface area (Å²) in [6.45, 7) is 0.173. The molecule has 7 heteroatoms. The van der Waals surface area contributed by atoms with E-state index in [1.54, 1.807) is 12.1 Å². The van der Waals surface area contributed by atoms with Crippen molar-refractivity contribution in [1.82, 2.24) is 15.5 Å². The van der Waals surface area contributed by atoms with Gasteiger partial charge in [-0.25, -0.2) is 0 Å². The van der Waals surface area contributed by atoms with Crippen LogP contribution in [0.1, 0.15) is 28.2 Å². The number of carbonyl (C=O) groups excluding carboxylic acids is 1. The number of halogens is 1. The zero-order chi connectivity index (χ0) is 15.1. The van der Waals surface area contributed by atoms with Gasteiger partial charge in [0.1, 0.15) is 0 Å². The molecule has 1 heterocycles. The molecule has 6 nitrogen and oxygen atoms in total. The summed E-state index contributed by atoms with van der Waals surface area (Å²) in [5, 5.41) is 15.3. The first-order valence-corrected chi connectivity index (χ1v) is 6.51. The Kier molecular flexibility index (Phi) is 5.32. The van der Waals surface area contributed by atoms with E-state index in [1.165, 1.54) is 12.5 Å². The molecule has 0 aliphatic rings. The second-order valence-corrected chi connectivity index (χ2v) is 4.41. The van der Waals surface area contributed by atoms with Gasteiger partial charge in [0.25, 0.3) is 5.91 Å². The topological polar surface area (TPSA) is 88.3 Å². The Hall–Kier alpha value is -2.36. The molecule has 1 amide bonds. The summed E-state index contributed by atoms with van der Waals surface area (Å²) in [5.74, 6) is 5.70. The molecule has 0 saturated heterocycles. The van der Waals surface area contributed by atoms with Crippen LogP contribution in [0.25, 0.3) is 0 Å². The summed E-state index contributed by atoms with van der Waals surface area (Å²) < 4.78 is 4.57. The summed E-state index contributed by atoms with van der Waals surface area (Å²) in [5.41, 5.74) is 1.02. The molecule has 0 fully saturated rings. The molecule has 0 spiro atoms. The van der Waals surface area contributed by atoms with Gasteiger partial charge in [-0.15, -0.1) is 0 Å². The van der Waals surface area contributed by atoms with Gasteiger partial charge >= 0.3 is 0 Å². The maximum absolute atomic E-state index is 11.9. The van der Waals surface area contributed by atoms with E-state index in [-0.39, 0.29) is 19.1 Å². The van der Waals surface area contributed by atoms with Gasteiger partial charge in [0.2, 0.25) is 6.39 Å². The van der Waals surface area contributed by atoms with Crippen molar-refractivity contribution in [2.75, 3.05) is 6.61 Å². The highest BCUT2D eigenvalue weighted by Gasteiger charge is 2.09. The van der Waals surface area contributed by atoms with Crippen LogP contribution < -0.4 is 5.32 Å². The van der Waals surface area contributed by atoms with Gasteiger partial charge in [-0.1, -0.05) is 28.6 Å². The zero-order valence-electron chi connectivity index (χ0n) is 11.0. The summed E-state index contributed by atoms with van der Waals surface area (Å²) >= 11 is 6.07. The standard InChI is InChI=1S/C14H12ClN3O3/c15-12-7-11(5-4-10(12)3-1-2-6-19)14(20)16-8-13-17-9-21-18-13/h4-5,7,9,19H,2,6,8H2,(H,16,20). The third-order valence-corrected chi connectivity index (χ3v) is 2.82. The van der Waals surface area contributed by atoms with Gasteiger partial charge in [-0.05, 0) is 18.2 Å². The smallest absolute Gasteiger partial charge is 0.251 e. The Balaban J connectivity index is 2.02. The molecule has 1 aromatic carbocycles. The molecular formula is C14H12ClN3O3. The first-order chi connectivity index (χ1) is 10.2. The number of carbonyl (C=O) groups is 1.